The number of aryl methyl sites for hydroxylation is 2. The van der Waals surface area contributed by atoms with Crippen LogP contribution in [0.1, 0.15) is 18.3 Å². The lowest BCUT2D eigenvalue weighted by atomic mass is 10.3. The van der Waals surface area contributed by atoms with Gasteiger partial charge in [-0.3, -0.25) is 4.68 Å². The van der Waals surface area contributed by atoms with Crippen LogP contribution in [0.4, 0.5) is 0 Å². The second-order valence-electron chi connectivity index (χ2n) is 3.58. The molecule has 1 heterocycles. The third-order valence-corrected chi connectivity index (χ3v) is 2.24. The molecule has 1 atom stereocenters. The molecule has 1 aromatic heterocycles. The molecule has 4 heteroatoms. The van der Waals surface area contributed by atoms with Crippen molar-refractivity contribution in [1.29, 1.82) is 0 Å². The Labute approximate surface area is 85.3 Å². The van der Waals surface area contributed by atoms with Crippen molar-refractivity contribution in [3.05, 3.63) is 17.5 Å². The number of nitrogens with zero attached hydrogens (tertiary/aromatic N) is 2. The van der Waals surface area contributed by atoms with Gasteiger partial charge in [0.1, 0.15) is 0 Å². The Morgan fingerprint density at radius 1 is 1.64 bits per heavy atom. The summed E-state index contributed by atoms with van der Waals surface area (Å²) in [5, 5.41) is 7.60. The fourth-order valence-electron chi connectivity index (χ4n) is 1.32. The summed E-state index contributed by atoms with van der Waals surface area (Å²) in [7, 11) is 3.68. The standard InChI is InChI=1S/C10H19N3O/c1-8-5-10(13(3)12-8)7-11-6-9(2)14-4/h5,9,11H,6-7H2,1-4H3. The Morgan fingerprint density at radius 3 is 2.86 bits per heavy atom. The largest absolute Gasteiger partial charge is 0.380 e. The van der Waals surface area contributed by atoms with Crippen LogP contribution in [0.25, 0.3) is 0 Å². The lowest BCUT2D eigenvalue weighted by Gasteiger charge is -2.10. The van der Waals surface area contributed by atoms with Crippen LogP contribution in [0.5, 0.6) is 0 Å². The fourth-order valence-corrected chi connectivity index (χ4v) is 1.32. The third-order valence-electron chi connectivity index (χ3n) is 2.24. The van der Waals surface area contributed by atoms with E-state index in [1.807, 2.05) is 25.6 Å². The summed E-state index contributed by atoms with van der Waals surface area (Å²) in [6, 6.07) is 2.09. The molecule has 4 nitrogen and oxygen atoms in total. The summed E-state index contributed by atoms with van der Waals surface area (Å²) in [6.07, 6.45) is 0.254. The first-order chi connectivity index (χ1) is 6.63. The minimum absolute atomic E-state index is 0.254. The first-order valence-corrected chi connectivity index (χ1v) is 4.86. The summed E-state index contributed by atoms with van der Waals surface area (Å²) >= 11 is 0. The molecule has 0 bridgehead atoms. The van der Waals surface area contributed by atoms with Gasteiger partial charge >= 0.3 is 0 Å². The molecule has 1 unspecified atom stereocenters. The molecule has 1 N–H and O–H groups in total. The van der Waals surface area contributed by atoms with Gasteiger partial charge in [-0.1, -0.05) is 0 Å². The van der Waals surface area contributed by atoms with Gasteiger partial charge in [-0.15, -0.1) is 0 Å². The first-order valence-electron chi connectivity index (χ1n) is 4.86. The molecular formula is C10H19N3O. The number of aromatic nitrogens is 2. The van der Waals surface area contributed by atoms with Crippen LogP contribution in [0.2, 0.25) is 0 Å². The Kier molecular flexibility index (Phi) is 4.10. The second kappa shape index (κ2) is 5.12. The Hall–Kier alpha value is -0.870. The Morgan fingerprint density at radius 2 is 2.36 bits per heavy atom. The lowest BCUT2D eigenvalue weighted by Crippen LogP contribution is -2.26. The molecule has 0 saturated heterocycles. The molecule has 0 amide bonds. The molecule has 1 aromatic rings. The molecular weight excluding hydrogens is 178 g/mol. The summed E-state index contributed by atoms with van der Waals surface area (Å²) < 4.78 is 7.04. The predicted octanol–water partition coefficient (Wildman–Crippen LogP) is 0.853. The maximum absolute atomic E-state index is 5.14. The van der Waals surface area contributed by atoms with Crippen molar-refractivity contribution in [3.63, 3.8) is 0 Å². The molecule has 1 rings (SSSR count). The SMILES string of the molecule is COC(C)CNCc1cc(C)nn1C. The number of ether oxygens (including phenoxy) is 1. The minimum Gasteiger partial charge on any atom is -0.380 e. The van der Waals surface area contributed by atoms with Crippen molar-refractivity contribution in [3.8, 4) is 0 Å². The van der Waals surface area contributed by atoms with Crippen LogP contribution in [0.15, 0.2) is 6.07 Å². The van der Waals surface area contributed by atoms with Gasteiger partial charge in [0.25, 0.3) is 0 Å². The average molecular weight is 197 g/mol. The Bertz CT molecular complexity index is 283. The zero-order chi connectivity index (χ0) is 10.6. The van der Waals surface area contributed by atoms with Crippen molar-refractivity contribution in [1.82, 2.24) is 15.1 Å². The topological polar surface area (TPSA) is 39.1 Å². The van der Waals surface area contributed by atoms with Crippen molar-refractivity contribution in [2.45, 2.75) is 26.5 Å². The van der Waals surface area contributed by atoms with Gasteiger partial charge in [-0.2, -0.15) is 5.10 Å². The Balaban J connectivity index is 2.34. The third kappa shape index (κ3) is 3.12. The molecule has 0 saturated carbocycles. The highest BCUT2D eigenvalue weighted by Crippen LogP contribution is 2.00. The molecule has 14 heavy (non-hydrogen) atoms. The van der Waals surface area contributed by atoms with Gasteiger partial charge in [0.05, 0.1) is 17.5 Å². The second-order valence-corrected chi connectivity index (χ2v) is 3.58. The van der Waals surface area contributed by atoms with E-state index in [0.29, 0.717) is 0 Å². The van der Waals surface area contributed by atoms with Crippen LogP contribution in [-0.4, -0.2) is 29.5 Å². The van der Waals surface area contributed by atoms with E-state index in [1.165, 1.54) is 5.69 Å². The predicted molar refractivity (Wildman–Crippen MR) is 56.1 cm³/mol. The van der Waals surface area contributed by atoms with Crippen molar-refractivity contribution in [2.24, 2.45) is 7.05 Å². The summed E-state index contributed by atoms with van der Waals surface area (Å²) in [4.78, 5) is 0. The van der Waals surface area contributed by atoms with Gasteiger partial charge in [0, 0.05) is 27.2 Å². The number of methoxy groups -OCH3 is 1. The van der Waals surface area contributed by atoms with Gasteiger partial charge in [-0.25, -0.2) is 0 Å². The van der Waals surface area contributed by atoms with E-state index < -0.39 is 0 Å². The zero-order valence-electron chi connectivity index (χ0n) is 9.37. The van der Waals surface area contributed by atoms with Gasteiger partial charge in [0.2, 0.25) is 0 Å². The maximum Gasteiger partial charge on any atom is 0.0667 e. The number of rotatable bonds is 5. The maximum atomic E-state index is 5.14. The van der Waals surface area contributed by atoms with E-state index in [0.717, 1.165) is 18.8 Å². The highest BCUT2D eigenvalue weighted by Gasteiger charge is 2.02. The zero-order valence-corrected chi connectivity index (χ0v) is 9.37. The van der Waals surface area contributed by atoms with Crippen LogP contribution in [0.3, 0.4) is 0 Å². The molecule has 0 radical (unpaired) electrons. The normalized spacial score (nSPS) is 13.1. The molecule has 0 aromatic carbocycles. The number of hydrogen-bond acceptors (Lipinski definition) is 3. The highest BCUT2D eigenvalue weighted by atomic mass is 16.5. The van der Waals surface area contributed by atoms with E-state index in [-0.39, 0.29) is 6.10 Å². The fraction of sp³-hybridized carbons (Fsp3) is 0.700. The minimum atomic E-state index is 0.254. The molecule has 0 aliphatic carbocycles. The molecule has 0 aliphatic heterocycles. The van der Waals surface area contributed by atoms with Crippen LogP contribution >= 0.6 is 0 Å². The molecule has 80 valence electrons. The van der Waals surface area contributed by atoms with E-state index in [2.05, 4.69) is 16.5 Å². The van der Waals surface area contributed by atoms with Crippen LogP contribution in [-0.2, 0) is 18.3 Å². The smallest absolute Gasteiger partial charge is 0.0667 e. The monoisotopic (exact) mass is 197 g/mol. The van der Waals surface area contributed by atoms with Crippen LogP contribution < -0.4 is 5.32 Å². The van der Waals surface area contributed by atoms with Crippen molar-refractivity contribution >= 4 is 0 Å². The highest BCUT2D eigenvalue weighted by molar-refractivity contribution is 5.08. The van der Waals surface area contributed by atoms with E-state index in [4.69, 9.17) is 4.74 Å². The quantitative estimate of drug-likeness (QED) is 0.760. The summed E-state index contributed by atoms with van der Waals surface area (Å²) in [5.41, 5.74) is 2.26. The van der Waals surface area contributed by atoms with E-state index in [1.54, 1.807) is 7.11 Å². The van der Waals surface area contributed by atoms with Gasteiger partial charge in [-0.05, 0) is 19.9 Å². The number of hydrogen-bond donors (Lipinski definition) is 1. The van der Waals surface area contributed by atoms with Gasteiger partial charge in [0.15, 0.2) is 0 Å². The van der Waals surface area contributed by atoms with Crippen molar-refractivity contribution in [2.75, 3.05) is 13.7 Å². The first kappa shape index (κ1) is 11.2. The van der Waals surface area contributed by atoms with Gasteiger partial charge < -0.3 is 10.1 Å². The molecule has 0 fully saturated rings. The van der Waals surface area contributed by atoms with E-state index >= 15 is 0 Å². The van der Waals surface area contributed by atoms with Crippen molar-refractivity contribution < 1.29 is 4.74 Å². The van der Waals surface area contributed by atoms with Crippen LogP contribution in [0, 0.1) is 6.92 Å². The molecule has 0 aliphatic rings. The summed E-state index contributed by atoms with van der Waals surface area (Å²) in [6.45, 7) is 5.74. The molecule has 0 spiro atoms. The average Bonchev–Trinajstić information content (AvgIpc) is 2.45. The lowest BCUT2D eigenvalue weighted by molar-refractivity contribution is 0.117. The summed E-state index contributed by atoms with van der Waals surface area (Å²) in [5.74, 6) is 0. The van der Waals surface area contributed by atoms with E-state index in [9.17, 15) is 0 Å². The number of nitrogens with one attached hydrogen (secondary N) is 1.